The molecule has 2 nitrogen and oxygen atoms in total. The highest BCUT2D eigenvalue weighted by atomic mass is 127. The number of carboxylic acid groups (broad SMARTS) is 1. The van der Waals surface area contributed by atoms with Gasteiger partial charge in [0, 0.05) is 3.57 Å². The molecule has 0 atom stereocenters. The van der Waals surface area contributed by atoms with Crippen molar-refractivity contribution in [1.82, 2.24) is 0 Å². The Labute approximate surface area is 199 Å². The number of unbranched alkanes of at least 4 members (excludes halogenated alkanes) is 13. The summed E-state index contributed by atoms with van der Waals surface area (Å²) in [4.78, 5) is 10.8. The summed E-state index contributed by atoms with van der Waals surface area (Å²) in [7, 11) is 0. The average Bonchev–Trinajstić information content (AvgIpc) is 2.68. The van der Waals surface area contributed by atoms with E-state index in [1.165, 1.54) is 105 Å². The number of halogens is 1. The largest absolute Gasteiger partial charge is 0.481 e. The van der Waals surface area contributed by atoms with Crippen LogP contribution in [0.3, 0.4) is 0 Å². The number of hydrogen-bond donors (Lipinski definition) is 1. The molecule has 0 saturated heterocycles. The molecule has 0 heterocycles. The van der Waals surface area contributed by atoms with Crippen molar-refractivity contribution in [2.45, 2.75) is 123 Å². The first-order chi connectivity index (χ1) is 14.4. The summed E-state index contributed by atoms with van der Waals surface area (Å²) < 4.78 is 1.32. The molecule has 30 heavy (non-hydrogen) atoms. The van der Waals surface area contributed by atoms with Crippen LogP contribution >= 0.6 is 22.6 Å². The minimum Gasteiger partial charge on any atom is -0.481 e. The van der Waals surface area contributed by atoms with E-state index >= 15 is 0 Å². The molecule has 1 aromatic carbocycles. The highest BCUT2D eigenvalue weighted by Gasteiger charge is 2.20. The predicted molar refractivity (Wildman–Crippen MR) is 138 cm³/mol. The van der Waals surface area contributed by atoms with E-state index in [2.05, 4.69) is 60.7 Å². The van der Waals surface area contributed by atoms with Crippen LogP contribution in [0.4, 0.5) is 0 Å². The smallest absolute Gasteiger partial charge is 0.303 e. The number of aliphatic carboxylic acids is 1. The summed E-state index contributed by atoms with van der Waals surface area (Å²) in [6, 6.07) is 8.96. The SMILES string of the molecule is CC(C)(CCCCCCCCCCCCCCCCc1ccc(I)cc1)CC(=O)O. The van der Waals surface area contributed by atoms with Crippen LogP contribution in [0.1, 0.15) is 122 Å². The Bertz CT molecular complexity index is 550. The van der Waals surface area contributed by atoms with Crippen molar-refractivity contribution in [3.63, 3.8) is 0 Å². The Morgan fingerprint density at radius 3 is 1.57 bits per heavy atom. The highest BCUT2D eigenvalue weighted by molar-refractivity contribution is 14.1. The second-order valence-corrected chi connectivity index (χ2v) is 11.1. The number of hydrogen-bond acceptors (Lipinski definition) is 1. The molecule has 0 aliphatic rings. The van der Waals surface area contributed by atoms with Gasteiger partial charge in [-0.25, -0.2) is 0 Å². The van der Waals surface area contributed by atoms with Crippen molar-refractivity contribution >= 4 is 28.6 Å². The first kappa shape index (κ1) is 27.5. The van der Waals surface area contributed by atoms with Crippen molar-refractivity contribution in [2.75, 3.05) is 0 Å². The second kappa shape index (κ2) is 17.0. The van der Waals surface area contributed by atoms with Crippen molar-refractivity contribution in [3.05, 3.63) is 33.4 Å². The fraction of sp³-hybridized carbons (Fsp3) is 0.741. The van der Waals surface area contributed by atoms with Gasteiger partial charge in [0.15, 0.2) is 0 Å². The first-order valence-electron chi connectivity index (χ1n) is 12.4. The number of carboxylic acids is 1. The van der Waals surface area contributed by atoms with Crippen LogP contribution in [0.5, 0.6) is 0 Å². The molecular formula is C27H45IO2. The summed E-state index contributed by atoms with van der Waals surface area (Å²) in [5, 5.41) is 8.92. The number of carbonyl (C=O) groups is 1. The van der Waals surface area contributed by atoms with E-state index in [9.17, 15) is 4.79 Å². The molecule has 0 fully saturated rings. The molecule has 172 valence electrons. The monoisotopic (exact) mass is 528 g/mol. The Morgan fingerprint density at radius 1 is 0.733 bits per heavy atom. The minimum absolute atomic E-state index is 0.0489. The second-order valence-electron chi connectivity index (χ2n) is 9.81. The average molecular weight is 529 g/mol. The van der Waals surface area contributed by atoms with E-state index in [0.29, 0.717) is 6.42 Å². The molecule has 1 rings (SSSR count). The number of rotatable bonds is 19. The van der Waals surface area contributed by atoms with Crippen molar-refractivity contribution in [3.8, 4) is 0 Å². The normalized spacial score (nSPS) is 11.7. The molecule has 0 aliphatic heterocycles. The van der Waals surface area contributed by atoms with Gasteiger partial charge >= 0.3 is 5.97 Å². The maximum Gasteiger partial charge on any atom is 0.303 e. The molecular weight excluding hydrogens is 483 g/mol. The third kappa shape index (κ3) is 16.2. The van der Waals surface area contributed by atoms with Crippen LogP contribution in [-0.4, -0.2) is 11.1 Å². The van der Waals surface area contributed by atoms with E-state index < -0.39 is 5.97 Å². The highest BCUT2D eigenvalue weighted by Crippen LogP contribution is 2.28. The molecule has 0 saturated carbocycles. The van der Waals surface area contributed by atoms with E-state index in [1.54, 1.807) is 0 Å². The zero-order valence-corrected chi connectivity index (χ0v) is 21.7. The van der Waals surface area contributed by atoms with Gasteiger partial charge in [-0.05, 0) is 65.0 Å². The van der Waals surface area contributed by atoms with E-state index in [-0.39, 0.29) is 5.41 Å². The lowest BCUT2D eigenvalue weighted by Gasteiger charge is -2.21. The Hall–Kier alpha value is -0.580. The Kier molecular flexibility index (Phi) is 15.6. The van der Waals surface area contributed by atoms with Gasteiger partial charge in [0.05, 0.1) is 6.42 Å². The standard InChI is InChI=1S/C27H45IO2/c1-27(2,23-26(29)30)22-16-14-12-10-8-6-4-3-5-7-9-11-13-15-17-24-18-20-25(28)21-19-24/h18-21H,3-17,22-23H2,1-2H3,(H,29,30). The van der Waals surface area contributed by atoms with Gasteiger partial charge in [-0.3, -0.25) is 4.79 Å². The van der Waals surface area contributed by atoms with Crippen LogP contribution in [0.15, 0.2) is 24.3 Å². The third-order valence-corrected chi connectivity index (χ3v) is 6.83. The van der Waals surface area contributed by atoms with Gasteiger partial charge < -0.3 is 5.11 Å². The van der Waals surface area contributed by atoms with Crippen LogP contribution in [0.25, 0.3) is 0 Å². The molecule has 0 bridgehead atoms. The van der Waals surface area contributed by atoms with E-state index in [0.717, 1.165) is 6.42 Å². The molecule has 0 unspecified atom stereocenters. The Morgan fingerprint density at radius 2 is 1.13 bits per heavy atom. The lowest BCUT2D eigenvalue weighted by molar-refractivity contribution is -0.139. The summed E-state index contributed by atoms with van der Waals surface area (Å²) in [6.45, 7) is 4.15. The fourth-order valence-corrected chi connectivity index (χ4v) is 4.56. The van der Waals surface area contributed by atoms with Gasteiger partial charge in [-0.2, -0.15) is 0 Å². The molecule has 0 spiro atoms. The molecule has 0 aliphatic carbocycles. The number of aryl methyl sites for hydroxylation is 1. The van der Waals surface area contributed by atoms with Gasteiger partial charge in [0.1, 0.15) is 0 Å². The zero-order valence-electron chi connectivity index (χ0n) is 19.6. The van der Waals surface area contributed by atoms with Gasteiger partial charge in [-0.1, -0.05) is 109 Å². The van der Waals surface area contributed by atoms with Crippen LogP contribution in [-0.2, 0) is 11.2 Å². The maximum atomic E-state index is 10.8. The quantitative estimate of drug-likeness (QED) is 0.144. The summed E-state index contributed by atoms with van der Waals surface area (Å²) >= 11 is 2.37. The van der Waals surface area contributed by atoms with Crippen molar-refractivity contribution in [1.29, 1.82) is 0 Å². The zero-order chi connectivity index (χ0) is 22.1. The molecule has 1 N–H and O–H groups in total. The Balaban J connectivity index is 1.78. The summed E-state index contributed by atoms with van der Waals surface area (Å²) in [5.41, 5.74) is 1.43. The molecule has 0 aromatic heterocycles. The van der Waals surface area contributed by atoms with Gasteiger partial charge in [-0.15, -0.1) is 0 Å². The van der Waals surface area contributed by atoms with Crippen LogP contribution in [0, 0.1) is 8.99 Å². The lowest BCUT2D eigenvalue weighted by Crippen LogP contribution is -2.16. The number of benzene rings is 1. The van der Waals surface area contributed by atoms with E-state index in [1.807, 2.05) is 0 Å². The first-order valence-corrected chi connectivity index (χ1v) is 13.4. The van der Waals surface area contributed by atoms with Crippen LogP contribution < -0.4 is 0 Å². The van der Waals surface area contributed by atoms with Gasteiger partial charge in [0.25, 0.3) is 0 Å². The van der Waals surface area contributed by atoms with Gasteiger partial charge in [0.2, 0.25) is 0 Å². The van der Waals surface area contributed by atoms with E-state index in [4.69, 9.17) is 5.11 Å². The lowest BCUT2D eigenvalue weighted by atomic mass is 9.83. The molecule has 3 heteroatoms. The third-order valence-electron chi connectivity index (χ3n) is 6.11. The minimum atomic E-state index is -0.669. The fourth-order valence-electron chi connectivity index (χ4n) is 4.20. The summed E-state index contributed by atoms with van der Waals surface area (Å²) in [6.07, 6.45) is 21.5. The summed E-state index contributed by atoms with van der Waals surface area (Å²) in [5.74, 6) is -0.669. The van der Waals surface area contributed by atoms with Crippen LogP contribution in [0.2, 0.25) is 0 Å². The maximum absolute atomic E-state index is 10.8. The predicted octanol–water partition coefficient (Wildman–Crippen LogP) is 9.19. The molecule has 0 radical (unpaired) electrons. The topological polar surface area (TPSA) is 37.3 Å². The van der Waals surface area contributed by atoms with Crippen molar-refractivity contribution in [2.24, 2.45) is 5.41 Å². The van der Waals surface area contributed by atoms with Crippen molar-refractivity contribution < 1.29 is 9.90 Å². The molecule has 1 aromatic rings. The molecule has 0 amide bonds.